The van der Waals surface area contributed by atoms with Crippen molar-refractivity contribution in [3.63, 3.8) is 0 Å². The summed E-state index contributed by atoms with van der Waals surface area (Å²) in [7, 11) is 1.66. The predicted octanol–water partition coefficient (Wildman–Crippen LogP) is 2.59. The van der Waals surface area contributed by atoms with Gasteiger partial charge in [0, 0.05) is 24.5 Å². The van der Waals surface area contributed by atoms with Gasteiger partial charge >= 0.3 is 6.01 Å². The molecule has 6 heteroatoms. The molecule has 2 aromatic rings. The first-order chi connectivity index (χ1) is 12.7. The molecule has 0 N–H and O–H groups in total. The van der Waals surface area contributed by atoms with E-state index in [4.69, 9.17) is 9.47 Å². The van der Waals surface area contributed by atoms with Crippen molar-refractivity contribution >= 4 is 5.91 Å². The summed E-state index contributed by atoms with van der Waals surface area (Å²) < 4.78 is 11.4. The van der Waals surface area contributed by atoms with E-state index in [9.17, 15) is 4.79 Å². The van der Waals surface area contributed by atoms with E-state index in [2.05, 4.69) is 9.97 Å². The highest BCUT2D eigenvalue weighted by Crippen LogP contribution is 2.52. The second-order valence-corrected chi connectivity index (χ2v) is 6.95. The van der Waals surface area contributed by atoms with Gasteiger partial charge in [0.15, 0.2) is 0 Å². The Kier molecular flexibility index (Phi) is 4.49. The molecule has 136 valence electrons. The summed E-state index contributed by atoms with van der Waals surface area (Å²) in [6.07, 6.45) is 6.83. The van der Waals surface area contributed by atoms with Crippen LogP contribution in [0, 0.1) is 0 Å². The molecule has 1 aliphatic heterocycles. The number of aromatic nitrogens is 2. The summed E-state index contributed by atoms with van der Waals surface area (Å²) in [6.45, 7) is 1.35. The van der Waals surface area contributed by atoms with Crippen molar-refractivity contribution < 1.29 is 14.3 Å². The molecule has 1 aromatic carbocycles. The third-order valence-electron chi connectivity index (χ3n) is 5.26. The molecule has 1 saturated carbocycles. The number of amides is 1. The Morgan fingerprint density at radius 1 is 1.19 bits per heavy atom. The van der Waals surface area contributed by atoms with Crippen molar-refractivity contribution in [2.75, 3.05) is 20.2 Å². The minimum absolute atomic E-state index is 0.0661. The number of rotatable bonds is 5. The summed E-state index contributed by atoms with van der Waals surface area (Å²) in [5, 5.41) is 0. The number of methoxy groups -OCH3 is 1. The Morgan fingerprint density at radius 3 is 2.69 bits per heavy atom. The van der Waals surface area contributed by atoms with Crippen molar-refractivity contribution in [2.24, 2.45) is 0 Å². The van der Waals surface area contributed by atoms with Crippen LogP contribution in [0.15, 0.2) is 42.7 Å². The van der Waals surface area contributed by atoms with Crippen LogP contribution in [0.3, 0.4) is 0 Å². The SMILES string of the molecule is COc1ccccc1C1(C(=O)N2CCCC(Oc3ncccn3)C2)CC1. The van der Waals surface area contributed by atoms with Crippen LogP contribution >= 0.6 is 0 Å². The lowest BCUT2D eigenvalue weighted by Gasteiger charge is -2.35. The molecule has 1 atom stereocenters. The van der Waals surface area contributed by atoms with Gasteiger partial charge in [0.1, 0.15) is 11.9 Å². The van der Waals surface area contributed by atoms with Crippen LogP contribution in [0.5, 0.6) is 11.8 Å². The van der Waals surface area contributed by atoms with E-state index in [0.717, 1.165) is 43.5 Å². The number of hydrogen-bond acceptors (Lipinski definition) is 5. The third kappa shape index (κ3) is 3.11. The second-order valence-electron chi connectivity index (χ2n) is 6.95. The highest BCUT2D eigenvalue weighted by Gasteiger charge is 2.54. The third-order valence-corrected chi connectivity index (χ3v) is 5.26. The molecule has 1 saturated heterocycles. The monoisotopic (exact) mass is 353 g/mol. The molecule has 0 bridgehead atoms. The zero-order valence-corrected chi connectivity index (χ0v) is 14.9. The summed E-state index contributed by atoms with van der Waals surface area (Å²) in [6, 6.07) is 9.98. The van der Waals surface area contributed by atoms with Crippen molar-refractivity contribution in [3.05, 3.63) is 48.3 Å². The van der Waals surface area contributed by atoms with Crippen LogP contribution in [0.1, 0.15) is 31.2 Å². The standard InChI is InChI=1S/C20H23N3O3/c1-25-17-8-3-2-7-16(17)20(9-10-20)18(24)23-13-4-6-15(14-23)26-19-21-11-5-12-22-19/h2-3,5,7-8,11-12,15H,4,6,9-10,13-14H2,1H3. The first-order valence-corrected chi connectivity index (χ1v) is 9.09. The normalized spacial score (nSPS) is 21.1. The highest BCUT2D eigenvalue weighted by atomic mass is 16.5. The van der Waals surface area contributed by atoms with Gasteiger partial charge in [0.2, 0.25) is 5.91 Å². The number of nitrogens with zero attached hydrogens (tertiary/aromatic N) is 3. The summed E-state index contributed by atoms with van der Waals surface area (Å²) in [5.41, 5.74) is 0.569. The molecule has 2 heterocycles. The maximum atomic E-state index is 13.3. The number of likely N-dealkylation sites (tertiary alicyclic amines) is 1. The Hall–Kier alpha value is -2.63. The number of ether oxygens (including phenoxy) is 2. The van der Waals surface area contributed by atoms with E-state index in [1.165, 1.54) is 0 Å². The quantitative estimate of drug-likeness (QED) is 0.827. The van der Waals surface area contributed by atoms with Crippen molar-refractivity contribution in [3.8, 4) is 11.8 Å². The average molecular weight is 353 g/mol. The molecule has 6 nitrogen and oxygen atoms in total. The van der Waals surface area contributed by atoms with Gasteiger partial charge in [-0.1, -0.05) is 18.2 Å². The van der Waals surface area contributed by atoms with Crippen LogP contribution < -0.4 is 9.47 Å². The van der Waals surface area contributed by atoms with Gasteiger partial charge in [-0.25, -0.2) is 9.97 Å². The van der Waals surface area contributed by atoms with Crippen molar-refractivity contribution in [2.45, 2.75) is 37.2 Å². The Bertz CT molecular complexity index is 777. The minimum atomic E-state index is -0.433. The summed E-state index contributed by atoms with van der Waals surface area (Å²) >= 11 is 0. The maximum absolute atomic E-state index is 13.3. The number of carbonyl (C=O) groups is 1. The Balaban J connectivity index is 1.49. The number of hydrogen-bond donors (Lipinski definition) is 0. The van der Waals surface area contributed by atoms with Crippen LogP contribution in [-0.2, 0) is 10.2 Å². The number of carbonyl (C=O) groups excluding carboxylic acids is 1. The highest BCUT2D eigenvalue weighted by molar-refractivity contribution is 5.92. The second kappa shape index (κ2) is 6.94. The van der Waals surface area contributed by atoms with Gasteiger partial charge in [-0.3, -0.25) is 4.79 Å². The molecular formula is C20H23N3O3. The molecule has 0 spiro atoms. The molecule has 2 aliphatic rings. The maximum Gasteiger partial charge on any atom is 0.316 e. The molecular weight excluding hydrogens is 330 g/mol. The fourth-order valence-electron chi connectivity index (χ4n) is 3.78. The van der Waals surface area contributed by atoms with E-state index < -0.39 is 5.41 Å². The van der Waals surface area contributed by atoms with Gasteiger partial charge < -0.3 is 14.4 Å². The molecule has 0 radical (unpaired) electrons. The topological polar surface area (TPSA) is 64.5 Å². The predicted molar refractivity (Wildman–Crippen MR) is 96.2 cm³/mol. The number of para-hydroxylation sites is 1. The zero-order chi connectivity index (χ0) is 18.0. The summed E-state index contributed by atoms with van der Waals surface area (Å²) in [5.74, 6) is 0.977. The van der Waals surface area contributed by atoms with E-state index in [1.807, 2.05) is 29.2 Å². The Morgan fingerprint density at radius 2 is 1.96 bits per heavy atom. The van der Waals surface area contributed by atoms with E-state index in [0.29, 0.717) is 12.6 Å². The van der Waals surface area contributed by atoms with Crippen molar-refractivity contribution in [1.29, 1.82) is 0 Å². The summed E-state index contributed by atoms with van der Waals surface area (Å²) in [4.78, 5) is 23.5. The van der Waals surface area contributed by atoms with E-state index >= 15 is 0 Å². The lowest BCUT2D eigenvalue weighted by Crippen LogP contribution is -2.48. The van der Waals surface area contributed by atoms with Crippen LogP contribution in [-0.4, -0.2) is 47.1 Å². The molecule has 1 unspecified atom stereocenters. The number of piperidine rings is 1. The average Bonchev–Trinajstić information content (AvgIpc) is 3.50. The van der Waals surface area contributed by atoms with Gasteiger partial charge in [0.05, 0.1) is 19.1 Å². The molecule has 1 amide bonds. The minimum Gasteiger partial charge on any atom is -0.496 e. The molecule has 1 aromatic heterocycles. The van der Waals surface area contributed by atoms with Crippen LogP contribution in [0.2, 0.25) is 0 Å². The molecule has 4 rings (SSSR count). The lowest BCUT2D eigenvalue weighted by molar-refractivity contribution is -0.136. The number of benzene rings is 1. The first kappa shape index (κ1) is 16.8. The van der Waals surface area contributed by atoms with E-state index in [1.54, 1.807) is 25.6 Å². The first-order valence-electron chi connectivity index (χ1n) is 9.09. The van der Waals surface area contributed by atoms with Crippen LogP contribution in [0.25, 0.3) is 0 Å². The van der Waals surface area contributed by atoms with Gasteiger partial charge in [-0.2, -0.15) is 0 Å². The van der Waals surface area contributed by atoms with Gasteiger partial charge in [-0.05, 0) is 37.8 Å². The van der Waals surface area contributed by atoms with Gasteiger partial charge in [-0.15, -0.1) is 0 Å². The largest absolute Gasteiger partial charge is 0.496 e. The van der Waals surface area contributed by atoms with Gasteiger partial charge in [0.25, 0.3) is 0 Å². The lowest BCUT2D eigenvalue weighted by atomic mass is 9.92. The van der Waals surface area contributed by atoms with Crippen molar-refractivity contribution in [1.82, 2.24) is 14.9 Å². The van der Waals surface area contributed by atoms with E-state index in [-0.39, 0.29) is 12.0 Å². The smallest absolute Gasteiger partial charge is 0.316 e. The molecule has 2 fully saturated rings. The zero-order valence-electron chi connectivity index (χ0n) is 14.9. The Labute approximate surface area is 153 Å². The fourth-order valence-corrected chi connectivity index (χ4v) is 3.78. The van der Waals surface area contributed by atoms with Crippen LogP contribution in [0.4, 0.5) is 0 Å². The molecule has 26 heavy (non-hydrogen) atoms. The molecule has 1 aliphatic carbocycles. The fraction of sp³-hybridized carbons (Fsp3) is 0.450.